The van der Waals surface area contributed by atoms with Crippen LogP contribution in [0.5, 0.6) is 5.75 Å². The summed E-state index contributed by atoms with van der Waals surface area (Å²) in [5, 5.41) is 0.377. The van der Waals surface area contributed by atoms with Crippen LogP contribution in [0, 0.1) is 0 Å². The van der Waals surface area contributed by atoms with Gasteiger partial charge in [0.05, 0.1) is 11.2 Å². The fourth-order valence-electron chi connectivity index (χ4n) is 2.40. The molecule has 0 N–H and O–H groups in total. The van der Waals surface area contributed by atoms with Gasteiger partial charge in [-0.15, -0.1) is 11.8 Å². The lowest BCUT2D eigenvalue weighted by molar-refractivity contribution is -0.186. The van der Waals surface area contributed by atoms with Crippen molar-refractivity contribution in [1.82, 2.24) is 4.98 Å². The molecule has 10 heteroatoms. The van der Waals surface area contributed by atoms with Gasteiger partial charge in [0.15, 0.2) is 23.7 Å². The van der Waals surface area contributed by atoms with E-state index in [-0.39, 0.29) is 5.75 Å². The minimum atomic E-state index is -1.00. The molecule has 0 unspecified atom stereocenters. The molecule has 8 nitrogen and oxygen atoms in total. The Bertz CT molecular complexity index is 686. The zero-order chi connectivity index (χ0) is 19.3. The van der Waals surface area contributed by atoms with Gasteiger partial charge in [-0.2, -0.15) is 0 Å². The lowest BCUT2D eigenvalue weighted by Gasteiger charge is -2.39. The van der Waals surface area contributed by atoms with Crippen LogP contribution in [0.2, 0.25) is 5.02 Å². The van der Waals surface area contributed by atoms with E-state index >= 15 is 0 Å². The van der Waals surface area contributed by atoms with E-state index in [9.17, 15) is 14.4 Å². The molecule has 1 fully saturated rings. The van der Waals surface area contributed by atoms with Crippen molar-refractivity contribution in [1.29, 1.82) is 0 Å². The first-order chi connectivity index (χ1) is 12.3. The summed E-state index contributed by atoms with van der Waals surface area (Å²) in [6.45, 7) is 3.69. The minimum Gasteiger partial charge on any atom is -0.474 e. The van der Waals surface area contributed by atoms with Crippen LogP contribution in [0.25, 0.3) is 0 Å². The number of thioether (sulfide) groups is 1. The highest BCUT2D eigenvalue weighted by Gasteiger charge is 2.47. The minimum absolute atomic E-state index is 0.286. The monoisotopic (exact) mass is 403 g/mol. The van der Waals surface area contributed by atoms with Gasteiger partial charge in [-0.3, -0.25) is 19.4 Å². The number of hydrogen-bond acceptors (Lipinski definition) is 9. The molecule has 0 amide bonds. The third-order valence-corrected chi connectivity index (χ3v) is 4.66. The quantitative estimate of drug-likeness (QED) is 0.539. The molecule has 142 valence electrons. The normalized spacial score (nSPS) is 25.1. The maximum absolute atomic E-state index is 11.6. The van der Waals surface area contributed by atoms with Crippen molar-refractivity contribution in [3.63, 3.8) is 0 Å². The number of ether oxygens (including phenoxy) is 4. The number of hydrogen-bond donors (Lipinski definition) is 0. The van der Waals surface area contributed by atoms with Crippen molar-refractivity contribution in [2.75, 3.05) is 5.75 Å². The van der Waals surface area contributed by atoms with Crippen LogP contribution in [0.4, 0.5) is 0 Å². The molecule has 0 bridgehead atoms. The Hall–Kier alpha value is -2.00. The molecule has 4 atom stereocenters. The van der Waals surface area contributed by atoms with Gasteiger partial charge in [0, 0.05) is 38.8 Å². The number of halogens is 1. The molecule has 0 spiro atoms. The summed E-state index contributed by atoms with van der Waals surface area (Å²) in [5.41, 5.74) is -0.713. The Morgan fingerprint density at radius 2 is 1.65 bits per heavy atom. The first kappa shape index (κ1) is 20.3. The van der Waals surface area contributed by atoms with Gasteiger partial charge in [-0.05, 0) is 0 Å². The van der Waals surface area contributed by atoms with E-state index in [1.54, 1.807) is 6.07 Å². The average Bonchev–Trinajstić information content (AvgIpc) is 2.51. The zero-order valence-electron chi connectivity index (χ0n) is 14.3. The van der Waals surface area contributed by atoms with E-state index < -0.39 is 41.7 Å². The van der Waals surface area contributed by atoms with Gasteiger partial charge in [0.1, 0.15) is 5.75 Å². The van der Waals surface area contributed by atoms with Crippen molar-refractivity contribution < 1.29 is 33.3 Å². The highest BCUT2D eigenvalue weighted by molar-refractivity contribution is 7.99. The molecule has 0 radical (unpaired) electrons. The lowest BCUT2D eigenvalue weighted by Crippen LogP contribution is -2.55. The van der Waals surface area contributed by atoms with Crippen molar-refractivity contribution in [2.45, 2.75) is 44.5 Å². The molecule has 1 aromatic heterocycles. The van der Waals surface area contributed by atoms with Gasteiger partial charge in [0.2, 0.25) is 0 Å². The highest BCUT2D eigenvalue weighted by atomic mass is 35.5. The molecule has 2 rings (SSSR count). The van der Waals surface area contributed by atoms with Crippen molar-refractivity contribution in [3.8, 4) is 5.75 Å². The third kappa shape index (κ3) is 5.77. The molecule has 1 aliphatic heterocycles. The maximum atomic E-state index is 11.6. The molecular formula is C16H18ClNO7S. The van der Waals surface area contributed by atoms with Crippen molar-refractivity contribution >= 4 is 41.3 Å². The number of nitrogens with zero attached hydrogens (tertiary/aromatic N) is 1. The first-order valence-electron chi connectivity index (χ1n) is 7.66. The summed E-state index contributed by atoms with van der Waals surface area (Å²) in [4.78, 5) is 38.3. The number of esters is 3. The summed E-state index contributed by atoms with van der Waals surface area (Å²) in [7, 11) is 0. The predicted octanol–water partition coefficient (Wildman–Crippen LogP) is 1.98. The van der Waals surface area contributed by atoms with Crippen LogP contribution >= 0.6 is 23.4 Å². The first-order valence-corrected chi connectivity index (χ1v) is 9.09. The van der Waals surface area contributed by atoms with Gasteiger partial charge < -0.3 is 18.9 Å². The van der Waals surface area contributed by atoms with Crippen LogP contribution < -0.4 is 4.74 Å². The van der Waals surface area contributed by atoms with Crippen molar-refractivity contribution in [2.24, 2.45) is 0 Å². The number of carbonyl (C=O) groups excluding carboxylic acids is 3. The second kappa shape index (κ2) is 9.09. The van der Waals surface area contributed by atoms with E-state index in [4.69, 9.17) is 30.5 Å². The summed E-state index contributed by atoms with van der Waals surface area (Å²) in [6.07, 6.45) is 0.140. The zero-order valence-corrected chi connectivity index (χ0v) is 15.9. The van der Waals surface area contributed by atoms with Crippen LogP contribution in [0.15, 0.2) is 18.5 Å². The van der Waals surface area contributed by atoms with Gasteiger partial charge in [-0.1, -0.05) is 11.6 Å². The Labute approximate surface area is 159 Å². The number of aromatic nitrogens is 1. The molecule has 26 heavy (non-hydrogen) atoms. The highest BCUT2D eigenvalue weighted by Crippen LogP contribution is 2.34. The second-order valence-electron chi connectivity index (χ2n) is 5.45. The molecule has 1 aliphatic rings. The molecular weight excluding hydrogens is 386 g/mol. The Morgan fingerprint density at radius 3 is 2.23 bits per heavy atom. The SMILES string of the molecule is CC(=O)O[C@@H]1[C@@H](OC(C)=O)[C@@H](Oc2cncc(Cl)c2)SC[C@H]1OC(C)=O. The van der Waals surface area contributed by atoms with Crippen molar-refractivity contribution in [3.05, 3.63) is 23.5 Å². The number of carbonyl (C=O) groups is 3. The molecule has 0 aromatic carbocycles. The maximum Gasteiger partial charge on any atom is 0.303 e. The Balaban J connectivity index is 2.27. The van der Waals surface area contributed by atoms with Crippen LogP contribution in [-0.2, 0) is 28.6 Å². The summed E-state index contributed by atoms with van der Waals surface area (Å²) in [6, 6.07) is 1.55. The molecule has 1 saturated heterocycles. The fraction of sp³-hybridized carbons (Fsp3) is 0.500. The van der Waals surface area contributed by atoms with E-state index in [1.807, 2.05) is 0 Å². The standard InChI is InChI=1S/C16H18ClNO7S/c1-8(19)22-13-7-26-16(25-12-4-11(17)5-18-6-12)15(24-10(3)21)14(13)23-9(2)20/h4-6,13-16H,7H2,1-3H3/t13-,14+,15-,16+/m1/s1. The Kier molecular flexibility index (Phi) is 7.10. The smallest absolute Gasteiger partial charge is 0.303 e. The predicted molar refractivity (Wildman–Crippen MR) is 92.8 cm³/mol. The third-order valence-electron chi connectivity index (χ3n) is 3.24. The van der Waals surface area contributed by atoms with Crippen LogP contribution in [0.1, 0.15) is 20.8 Å². The number of rotatable bonds is 5. The van der Waals surface area contributed by atoms with E-state index in [0.717, 1.165) is 0 Å². The Morgan fingerprint density at radius 1 is 1.04 bits per heavy atom. The second-order valence-corrected chi connectivity index (χ2v) is 7.02. The molecule has 1 aromatic rings. The van der Waals surface area contributed by atoms with Crippen LogP contribution in [-0.4, -0.2) is 52.4 Å². The van der Waals surface area contributed by atoms with E-state index in [0.29, 0.717) is 10.8 Å². The van der Waals surface area contributed by atoms with E-state index in [1.165, 1.54) is 44.9 Å². The largest absolute Gasteiger partial charge is 0.474 e. The van der Waals surface area contributed by atoms with E-state index in [2.05, 4.69) is 4.98 Å². The summed E-state index contributed by atoms with van der Waals surface area (Å²) in [5.74, 6) is -1.07. The van der Waals surface area contributed by atoms with Gasteiger partial charge >= 0.3 is 17.9 Å². The van der Waals surface area contributed by atoms with Gasteiger partial charge in [0.25, 0.3) is 0 Å². The molecule has 0 saturated carbocycles. The molecule has 2 heterocycles. The lowest BCUT2D eigenvalue weighted by atomic mass is 10.1. The number of pyridine rings is 1. The molecule has 0 aliphatic carbocycles. The van der Waals surface area contributed by atoms with Crippen LogP contribution in [0.3, 0.4) is 0 Å². The average molecular weight is 404 g/mol. The topological polar surface area (TPSA) is 101 Å². The summed E-state index contributed by atoms with van der Waals surface area (Å²) >= 11 is 7.16. The van der Waals surface area contributed by atoms with Gasteiger partial charge in [-0.25, -0.2) is 0 Å². The summed E-state index contributed by atoms with van der Waals surface area (Å²) < 4.78 is 21.6. The fourth-order valence-corrected chi connectivity index (χ4v) is 3.78.